The predicted molar refractivity (Wildman–Crippen MR) is 92.6 cm³/mol. The molecule has 0 radical (unpaired) electrons. The van der Waals surface area contributed by atoms with Crippen molar-refractivity contribution in [3.05, 3.63) is 59.8 Å². The van der Waals surface area contributed by atoms with E-state index in [9.17, 15) is 9.59 Å². The molecule has 6 heteroatoms. The molecule has 1 aromatic carbocycles. The van der Waals surface area contributed by atoms with E-state index in [1.54, 1.807) is 24.3 Å². The molecule has 0 bridgehead atoms. The summed E-state index contributed by atoms with van der Waals surface area (Å²) in [5, 5.41) is 2.90. The molecule has 1 atom stereocenters. The lowest BCUT2D eigenvalue weighted by Crippen LogP contribution is -2.32. The normalized spacial score (nSPS) is 16.8. The number of aromatic nitrogens is 1. The Morgan fingerprint density at radius 3 is 2.84 bits per heavy atom. The van der Waals surface area contributed by atoms with Crippen LogP contribution >= 0.6 is 0 Å². The van der Waals surface area contributed by atoms with Gasteiger partial charge in [0, 0.05) is 38.3 Å². The van der Waals surface area contributed by atoms with Gasteiger partial charge < -0.3 is 15.0 Å². The van der Waals surface area contributed by atoms with E-state index >= 15 is 0 Å². The summed E-state index contributed by atoms with van der Waals surface area (Å²) in [4.78, 5) is 30.3. The van der Waals surface area contributed by atoms with Gasteiger partial charge in [-0.25, -0.2) is 4.98 Å². The first-order valence-corrected chi connectivity index (χ1v) is 8.24. The highest BCUT2D eigenvalue weighted by Crippen LogP contribution is 2.20. The van der Waals surface area contributed by atoms with Crippen molar-refractivity contribution in [1.29, 1.82) is 0 Å². The van der Waals surface area contributed by atoms with Crippen molar-refractivity contribution in [1.82, 2.24) is 15.2 Å². The van der Waals surface area contributed by atoms with E-state index in [1.165, 1.54) is 0 Å². The van der Waals surface area contributed by atoms with Gasteiger partial charge in [-0.2, -0.15) is 0 Å². The van der Waals surface area contributed by atoms with Gasteiger partial charge in [0.25, 0.3) is 0 Å². The fourth-order valence-electron chi connectivity index (χ4n) is 2.91. The second-order valence-electron chi connectivity index (χ2n) is 6.09. The fourth-order valence-corrected chi connectivity index (χ4v) is 2.91. The third-order valence-corrected chi connectivity index (χ3v) is 4.28. The van der Waals surface area contributed by atoms with Crippen LogP contribution in [0.1, 0.15) is 17.5 Å². The summed E-state index contributed by atoms with van der Waals surface area (Å²) in [5.74, 6) is 0.131. The van der Waals surface area contributed by atoms with Crippen LogP contribution in [0.15, 0.2) is 48.7 Å². The van der Waals surface area contributed by atoms with Gasteiger partial charge in [-0.3, -0.25) is 9.59 Å². The summed E-state index contributed by atoms with van der Waals surface area (Å²) in [5.41, 5.74) is 1.98. The van der Waals surface area contributed by atoms with Gasteiger partial charge in [0.15, 0.2) is 0 Å². The molecule has 1 fully saturated rings. The highest BCUT2D eigenvalue weighted by atomic mass is 16.5. The van der Waals surface area contributed by atoms with Gasteiger partial charge in [0.1, 0.15) is 0 Å². The highest BCUT2D eigenvalue weighted by Gasteiger charge is 2.34. The maximum atomic E-state index is 12.4. The Morgan fingerprint density at radius 2 is 2.08 bits per heavy atom. The maximum absolute atomic E-state index is 12.4. The lowest BCUT2D eigenvalue weighted by Gasteiger charge is -2.16. The van der Waals surface area contributed by atoms with Crippen molar-refractivity contribution in [2.45, 2.75) is 19.5 Å². The zero-order chi connectivity index (χ0) is 17.6. The molecule has 3 rings (SSSR count). The van der Waals surface area contributed by atoms with E-state index in [4.69, 9.17) is 4.74 Å². The number of nitrogens with zero attached hydrogens (tertiary/aromatic N) is 2. The number of carbonyl (C=O) groups excluding carboxylic acids is 2. The van der Waals surface area contributed by atoms with Crippen molar-refractivity contribution in [2.24, 2.45) is 5.92 Å². The molecule has 2 aromatic rings. The summed E-state index contributed by atoms with van der Waals surface area (Å²) >= 11 is 0. The minimum absolute atomic E-state index is 0.0228. The van der Waals surface area contributed by atoms with Gasteiger partial charge in [-0.05, 0) is 17.2 Å². The number of benzene rings is 1. The van der Waals surface area contributed by atoms with Crippen LogP contribution in [-0.2, 0) is 22.7 Å². The van der Waals surface area contributed by atoms with E-state index in [0.717, 1.165) is 11.1 Å². The number of amides is 2. The Hall–Kier alpha value is -2.89. The average molecular weight is 339 g/mol. The molecule has 0 saturated carbocycles. The van der Waals surface area contributed by atoms with Crippen LogP contribution in [0.4, 0.5) is 0 Å². The minimum atomic E-state index is -0.306. The van der Waals surface area contributed by atoms with Crippen LogP contribution in [-0.4, -0.2) is 35.4 Å². The molecule has 25 heavy (non-hydrogen) atoms. The Labute approximate surface area is 146 Å². The molecule has 1 aliphatic heterocycles. The molecule has 1 aliphatic rings. The molecule has 1 aromatic heterocycles. The number of likely N-dealkylation sites (tertiary alicyclic amines) is 1. The fraction of sp³-hybridized carbons (Fsp3) is 0.316. The summed E-state index contributed by atoms with van der Waals surface area (Å²) in [6.45, 7) is 1.39. The minimum Gasteiger partial charge on any atom is -0.481 e. The average Bonchev–Trinajstić information content (AvgIpc) is 3.01. The quantitative estimate of drug-likeness (QED) is 0.870. The number of ether oxygens (including phenoxy) is 1. The molecule has 2 heterocycles. The first-order chi connectivity index (χ1) is 12.2. The van der Waals surface area contributed by atoms with Crippen LogP contribution in [0.2, 0.25) is 0 Å². The highest BCUT2D eigenvalue weighted by molar-refractivity contribution is 5.89. The van der Waals surface area contributed by atoms with Gasteiger partial charge >= 0.3 is 0 Å². The molecule has 130 valence electrons. The van der Waals surface area contributed by atoms with Crippen molar-refractivity contribution in [3.63, 3.8) is 0 Å². The van der Waals surface area contributed by atoms with Crippen LogP contribution in [0.5, 0.6) is 5.88 Å². The maximum Gasteiger partial charge on any atom is 0.225 e. The number of hydrogen-bond donors (Lipinski definition) is 1. The summed E-state index contributed by atoms with van der Waals surface area (Å²) in [6.07, 6.45) is 1.90. The summed E-state index contributed by atoms with van der Waals surface area (Å²) in [7, 11) is 1.55. The molecular formula is C19H21N3O3. The third kappa shape index (κ3) is 4.35. The zero-order valence-corrected chi connectivity index (χ0v) is 14.1. The first-order valence-electron chi connectivity index (χ1n) is 8.24. The smallest absolute Gasteiger partial charge is 0.225 e. The largest absolute Gasteiger partial charge is 0.481 e. The van der Waals surface area contributed by atoms with Crippen LogP contribution < -0.4 is 10.1 Å². The lowest BCUT2D eigenvalue weighted by atomic mass is 10.1. The third-order valence-electron chi connectivity index (χ3n) is 4.28. The number of hydrogen-bond acceptors (Lipinski definition) is 4. The molecule has 2 amide bonds. The zero-order valence-electron chi connectivity index (χ0n) is 14.1. The van der Waals surface area contributed by atoms with Gasteiger partial charge in [0.05, 0.1) is 13.0 Å². The van der Waals surface area contributed by atoms with Gasteiger partial charge in [-0.1, -0.05) is 30.3 Å². The number of methoxy groups -OCH3 is 1. The van der Waals surface area contributed by atoms with E-state index in [-0.39, 0.29) is 24.2 Å². The Morgan fingerprint density at radius 1 is 1.28 bits per heavy atom. The molecule has 0 aliphatic carbocycles. The number of carbonyl (C=O) groups is 2. The topological polar surface area (TPSA) is 71.5 Å². The Balaban J connectivity index is 1.53. The van der Waals surface area contributed by atoms with Crippen molar-refractivity contribution in [3.8, 4) is 5.88 Å². The standard InChI is InChI=1S/C19H21N3O3/c1-25-17-9-15(7-8-20-17)11-21-19(24)16-10-18(23)22(13-16)12-14-5-3-2-4-6-14/h2-9,16H,10-13H2,1H3,(H,21,24)/t16-/m1/s1. The lowest BCUT2D eigenvalue weighted by molar-refractivity contribution is -0.129. The van der Waals surface area contributed by atoms with Gasteiger partial charge in [-0.15, -0.1) is 0 Å². The molecule has 0 spiro atoms. The summed E-state index contributed by atoms with van der Waals surface area (Å²) in [6, 6.07) is 13.4. The number of nitrogens with one attached hydrogen (secondary N) is 1. The van der Waals surface area contributed by atoms with Crippen LogP contribution in [0.3, 0.4) is 0 Å². The first kappa shape index (κ1) is 17.0. The van der Waals surface area contributed by atoms with E-state index < -0.39 is 0 Å². The predicted octanol–water partition coefficient (Wildman–Crippen LogP) is 1.76. The number of rotatable bonds is 6. The van der Waals surface area contributed by atoms with E-state index in [1.807, 2.05) is 36.4 Å². The summed E-state index contributed by atoms with van der Waals surface area (Å²) < 4.78 is 5.07. The van der Waals surface area contributed by atoms with Crippen LogP contribution in [0, 0.1) is 5.92 Å². The molecule has 1 N–H and O–H groups in total. The molecule has 6 nitrogen and oxygen atoms in total. The van der Waals surface area contributed by atoms with E-state index in [2.05, 4.69) is 10.3 Å². The Bertz CT molecular complexity index is 749. The van der Waals surface area contributed by atoms with Crippen molar-refractivity contribution < 1.29 is 14.3 Å². The van der Waals surface area contributed by atoms with Crippen molar-refractivity contribution in [2.75, 3.05) is 13.7 Å². The molecular weight excluding hydrogens is 318 g/mol. The molecule has 0 unspecified atom stereocenters. The monoisotopic (exact) mass is 339 g/mol. The number of pyridine rings is 1. The second kappa shape index (κ2) is 7.79. The SMILES string of the molecule is COc1cc(CNC(=O)[C@@H]2CC(=O)N(Cc3ccccc3)C2)ccn1. The van der Waals surface area contributed by atoms with Crippen molar-refractivity contribution >= 4 is 11.8 Å². The van der Waals surface area contributed by atoms with E-state index in [0.29, 0.717) is 25.5 Å². The molecule has 1 saturated heterocycles. The second-order valence-corrected chi connectivity index (χ2v) is 6.09. The van der Waals surface area contributed by atoms with Crippen LogP contribution in [0.25, 0.3) is 0 Å². The van der Waals surface area contributed by atoms with Gasteiger partial charge in [0.2, 0.25) is 17.7 Å². The Kier molecular flexibility index (Phi) is 5.28.